The average molecular weight is 278 g/mol. The lowest BCUT2D eigenvalue weighted by atomic mass is 9.93. The van der Waals surface area contributed by atoms with Crippen LogP contribution in [0.5, 0.6) is 0 Å². The molecule has 0 aliphatic rings. The number of carbonyl (C=O) groups is 1. The summed E-state index contributed by atoms with van der Waals surface area (Å²) in [6.45, 7) is 2.12. The van der Waals surface area contributed by atoms with E-state index in [-0.39, 0.29) is 0 Å². The molecule has 1 N–H and O–H groups in total. The van der Waals surface area contributed by atoms with Gasteiger partial charge in [-0.3, -0.25) is 0 Å². The molecule has 2 nitrogen and oxygen atoms in total. The highest BCUT2D eigenvalue weighted by atomic mass is 16.4. The lowest BCUT2D eigenvalue weighted by Gasteiger charge is -2.11. The van der Waals surface area contributed by atoms with Crippen molar-refractivity contribution in [3.05, 3.63) is 59.7 Å². The highest BCUT2D eigenvalue weighted by Crippen LogP contribution is 2.28. The number of hydrogen-bond acceptors (Lipinski definition) is 1. The second-order valence-electron chi connectivity index (χ2n) is 5.43. The van der Waals surface area contributed by atoms with E-state index in [0.717, 1.165) is 46.4 Å². The molecular formula is C19H18O2. The molecule has 0 unspecified atom stereocenters. The predicted molar refractivity (Wildman–Crippen MR) is 87.0 cm³/mol. The summed E-state index contributed by atoms with van der Waals surface area (Å²) in [7, 11) is 0. The average Bonchev–Trinajstić information content (AvgIpc) is 2.50. The van der Waals surface area contributed by atoms with Crippen LogP contribution in [0.3, 0.4) is 0 Å². The van der Waals surface area contributed by atoms with Crippen molar-refractivity contribution in [1.29, 1.82) is 0 Å². The summed E-state index contributed by atoms with van der Waals surface area (Å²) in [5, 5.41) is 13.7. The number of benzene rings is 3. The van der Waals surface area contributed by atoms with Crippen molar-refractivity contribution in [2.45, 2.75) is 26.2 Å². The van der Waals surface area contributed by atoms with E-state index in [1.54, 1.807) is 0 Å². The topological polar surface area (TPSA) is 37.3 Å². The van der Waals surface area contributed by atoms with Crippen LogP contribution in [0.1, 0.15) is 35.7 Å². The molecule has 0 heterocycles. The molecule has 106 valence electrons. The normalized spacial score (nSPS) is 11.1. The molecule has 0 aromatic heterocycles. The van der Waals surface area contributed by atoms with Gasteiger partial charge in [0.2, 0.25) is 0 Å². The molecule has 3 aromatic carbocycles. The number of rotatable bonds is 4. The van der Waals surface area contributed by atoms with Gasteiger partial charge in [0.1, 0.15) is 0 Å². The predicted octanol–water partition coefficient (Wildman–Crippen LogP) is 5.03. The summed E-state index contributed by atoms with van der Waals surface area (Å²) in [4.78, 5) is 11.7. The van der Waals surface area contributed by atoms with Crippen LogP contribution in [-0.2, 0) is 6.42 Å². The Morgan fingerprint density at radius 2 is 1.71 bits per heavy atom. The molecule has 2 heteroatoms. The maximum Gasteiger partial charge on any atom is 0.336 e. The van der Waals surface area contributed by atoms with Crippen molar-refractivity contribution in [2.75, 3.05) is 0 Å². The van der Waals surface area contributed by atoms with E-state index in [1.807, 2.05) is 36.4 Å². The van der Waals surface area contributed by atoms with Gasteiger partial charge in [-0.05, 0) is 52.1 Å². The molecule has 0 aliphatic heterocycles. The van der Waals surface area contributed by atoms with E-state index >= 15 is 0 Å². The first kappa shape index (κ1) is 13.6. The first-order valence-corrected chi connectivity index (χ1v) is 7.38. The fourth-order valence-electron chi connectivity index (χ4n) is 2.89. The van der Waals surface area contributed by atoms with Crippen molar-refractivity contribution < 1.29 is 9.90 Å². The Morgan fingerprint density at radius 3 is 2.38 bits per heavy atom. The van der Waals surface area contributed by atoms with Crippen molar-refractivity contribution >= 4 is 27.5 Å². The summed E-state index contributed by atoms with van der Waals surface area (Å²) < 4.78 is 0. The van der Waals surface area contributed by atoms with Crippen LogP contribution in [0.15, 0.2) is 48.5 Å². The molecule has 0 aliphatic carbocycles. The molecule has 3 rings (SSSR count). The molecule has 0 spiro atoms. The zero-order chi connectivity index (χ0) is 14.8. The molecule has 0 bridgehead atoms. The van der Waals surface area contributed by atoms with Gasteiger partial charge in [0.15, 0.2) is 0 Å². The summed E-state index contributed by atoms with van der Waals surface area (Å²) in [6.07, 6.45) is 2.90. The van der Waals surface area contributed by atoms with Gasteiger partial charge in [-0.2, -0.15) is 0 Å². The first-order chi connectivity index (χ1) is 10.2. The Morgan fingerprint density at radius 1 is 1.00 bits per heavy atom. The Labute approximate surface area is 124 Å². The van der Waals surface area contributed by atoms with E-state index in [0.29, 0.717) is 5.56 Å². The number of aromatic carboxylic acids is 1. The monoisotopic (exact) mass is 278 g/mol. The van der Waals surface area contributed by atoms with E-state index in [2.05, 4.69) is 19.1 Å². The highest BCUT2D eigenvalue weighted by molar-refractivity contribution is 6.09. The van der Waals surface area contributed by atoms with Crippen LogP contribution in [0.4, 0.5) is 0 Å². The lowest BCUT2D eigenvalue weighted by Crippen LogP contribution is -2.04. The van der Waals surface area contributed by atoms with Gasteiger partial charge >= 0.3 is 5.97 Å². The maximum atomic E-state index is 11.7. The fraction of sp³-hybridized carbons (Fsp3) is 0.211. The van der Waals surface area contributed by atoms with Gasteiger partial charge in [0.05, 0.1) is 5.56 Å². The third kappa shape index (κ3) is 2.49. The van der Waals surface area contributed by atoms with Gasteiger partial charge < -0.3 is 5.11 Å². The van der Waals surface area contributed by atoms with Crippen LogP contribution in [0, 0.1) is 0 Å². The first-order valence-electron chi connectivity index (χ1n) is 7.38. The molecule has 0 radical (unpaired) electrons. The number of aryl methyl sites for hydroxylation is 1. The van der Waals surface area contributed by atoms with Crippen LogP contribution < -0.4 is 0 Å². The van der Waals surface area contributed by atoms with E-state index in [4.69, 9.17) is 0 Å². The molecule has 3 aromatic rings. The van der Waals surface area contributed by atoms with Crippen LogP contribution in [-0.4, -0.2) is 11.1 Å². The Balaban J connectivity index is 2.30. The van der Waals surface area contributed by atoms with E-state index in [1.165, 1.54) is 0 Å². The Bertz CT molecular complexity index is 818. The summed E-state index contributed by atoms with van der Waals surface area (Å²) >= 11 is 0. The minimum atomic E-state index is -0.831. The number of fused-ring (bicyclic) bond motifs is 2. The SMILES string of the molecule is CCCCc1ccc2cc3ccccc3cc2c1C(=O)O. The fourth-order valence-corrected chi connectivity index (χ4v) is 2.89. The molecule has 0 fully saturated rings. The van der Waals surface area contributed by atoms with E-state index < -0.39 is 5.97 Å². The van der Waals surface area contributed by atoms with Crippen molar-refractivity contribution in [3.63, 3.8) is 0 Å². The van der Waals surface area contributed by atoms with Crippen molar-refractivity contribution in [2.24, 2.45) is 0 Å². The van der Waals surface area contributed by atoms with Crippen LogP contribution in [0.25, 0.3) is 21.5 Å². The van der Waals surface area contributed by atoms with Gasteiger partial charge in [-0.25, -0.2) is 4.79 Å². The third-order valence-corrected chi connectivity index (χ3v) is 3.99. The van der Waals surface area contributed by atoms with Crippen molar-refractivity contribution in [1.82, 2.24) is 0 Å². The zero-order valence-corrected chi connectivity index (χ0v) is 12.1. The summed E-state index contributed by atoms with van der Waals surface area (Å²) in [6, 6.07) is 16.1. The lowest BCUT2D eigenvalue weighted by molar-refractivity contribution is 0.0698. The minimum absolute atomic E-state index is 0.465. The highest BCUT2D eigenvalue weighted by Gasteiger charge is 2.14. The van der Waals surface area contributed by atoms with E-state index in [9.17, 15) is 9.90 Å². The third-order valence-electron chi connectivity index (χ3n) is 3.99. The van der Waals surface area contributed by atoms with Crippen molar-refractivity contribution in [3.8, 4) is 0 Å². The number of hydrogen-bond donors (Lipinski definition) is 1. The summed E-state index contributed by atoms with van der Waals surface area (Å²) in [5.74, 6) is -0.831. The molecular weight excluding hydrogens is 260 g/mol. The van der Waals surface area contributed by atoms with Crippen LogP contribution >= 0.6 is 0 Å². The minimum Gasteiger partial charge on any atom is -0.478 e. The number of unbranched alkanes of at least 4 members (excludes halogenated alkanes) is 1. The molecule has 0 atom stereocenters. The zero-order valence-electron chi connectivity index (χ0n) is 12.1. The second kappa shape index (κ2) is 5.57. The number of carboxylic acid groups (broad SMARTS) is 1. The smallest absolute Gasteiger partial charge is 0.336 e. The quantitative estimate of drug-likeness (QED) is 0.679. The summed E-state index contributed by atoms with van der Waals surface area (Å²) in [5.41, 5.74) is 1.40. The largest absolute Gasteiger partial charge is 0.478 e. The van der Waals surface area contributed by atoms with Gasteiger partial charge in [0.25, 0.3) is 0 Å². The number of carboxylic acids is 1. The maximum absolute atomic E-state index is 11.7. The molecule has 21 heavy (non-hydrogen) atoms. The Kier molecular flexibility index (Phi) is 3.61. The molecule has 0 saturated heterocycles. The van der Waals surface area contributed by atoms with Gasteiger partial charge in [-0.15, -0.1) is 0 Å². The van der Waals surface area contributed by atoms with Gasteiger partial charge in [0, 0.05) is 0 Å². The van der Waals surface area contributed by atoms with Gasteiger partial charge in [-0.1, -0.05) is 49.7 Å². The Hall–Kier alpha value is -2.35. The van der Waals surface area contributed by atoms with Crippen LogP contribution in [0.2, 0.25) is 0 Å². The standard InChI is InChI=1S/C19H18O2/c1-2-3-6-13-9-10-16-11-14-7-4-5-8-15(14)12-17(16)18(13)19(20)21/h4-5,7-12H,2-3,6H2,1H3,(H,20,21). The molecule has 0 saturated carbocycles. The molecule has 0 amide bonds. The second-order valence-corrected chi connectivity index (χ2v) is 5.43.